The maximum absolute atomic E-state index is 12.2. The topological polar surface area (TPSA) is 110 Å². The van der Waals surface area contributed by atoms with Gasteiger partial charge in [-0.3, -0.25) is 9.59 Å². The van der Waals surface area contributed by atoms with E-state index in [1.165, 1.54) is 11.0 Å². The summed E-state index contributed by atoms with van der Waals surface area (Å²) in [6, 6.07) is 6.80. The van der Waals surface area contributed by atoms with Gasteiger partial charge in [0.05, 0.1) is 5.69 Å². The number of amides is 1. The second-order valence-corrected chi connectivity index (χ2v) is 5.53. The van der Waals surface area contributed by atoms with Gasteiger partial charge in [0.1, 0.15) is 6.33 Å². The molecule has 0 saturated carbocycles. The van der Waals surface area contributed by atoms with Crippen LogP contribution in [0.4, 0.5) is 0 Å². The molecular formula is C14H17N5O3. The van der Waals surface area contributed by atoms with Crippen molar-refractivity contribution in [2.75, 3.05) is 0 Å². The van der Waals surface area contributed by atoms with Gasteiger partial charge in [0.2, 0.25) is 0 Å². The summed E-state index contributed by atoms with van der Waals surface area (Å²) in [5.41, 5.74) is 0.635. The standard InChI is InChI=1S/C14H17N5O3/c1-14(2,8-7-12(20)21)16-13(22)10-3-5-11(6-4-10)19-9-15-17-18-19/h3-6,9H,7-8H2,1-2H3,(H,16,22)(H,20,21). The first-order valence-corrected chi connectivity index (χ1v) is 6.75. The molecule has 116 valence electrons. The van der Waals surface area contributed by atoms with Crippen molar-refractivity contribution in [3.63, 3.8) is 0 Å². The second kappa shape index (κ2) is 6.33. The molecule has 0 saturated heterocycles. The summed E-state index contributed by atoms with van der Waals surface area (Å²) in [7, 11) is 0. The minimum atomic E-state index is -0.881. The van der Waals surface area contributed by atoms with Crippen molar-refractivity contribution in [3.05, 3.63) is 36.2 Å². The smallest absolute Gasteiger partial charge is 0.303 e. The number of hydrogen-bond donors (Lipinski definition) is 2. The summed E-state index contributed by atoms with van der Waals surface area (Å²) < 4.78 is 1.48. The number of aliphatic carboxylic acids is 1. The monoisotopic (exact) mass is 303 g/mol. The molecule has 0 bridgehead atoms. The van der Waals surface area contributed by atoms with Crippen molar-refractivity contribution in [1.82, 2.24) is 25.5 Å². The van der Waals surface area contributed by atoms with E-state index >= 15 is 0 Å². The molecule has 2 aromatic rings. The Hall–Kier alpha value is -2.77. The number of rotatable bonds is 6. The fourth-order valence-corrected chi connectivity index (χ4v) is 1.91. The highest BCUT2D eigenvalue weighted by atomic mass is 16.4. The van der Waals surface area contributed by atoms with Crippen LogP contribution in [0.15, 0.2) is 30.6 Å². The summed E-state index contributed by atoms with van der Waals surface area (Å²) in [6.07, 6.45) is 1.83. The SMILES string of the molecule is CC(C)(CCC(=O)O)NC(=O)c1ccc(-n2cnnn2)cc1. The molecule has 0 unspecified atom stereocenters. The van der Waals surface area contributed by atoms with Crippen molar-refractivity contribution in [1.29, 1.82) is 0 Å². The van der Waals surface area contributed by atoms with Gasteiger partial charge in [-0.15, -0.1) is 5.10 Å². The summed E-state index contributed by atoms with van der Waals surface area (Å²) in [5, 5.41) is 22.4. The van der Waals surface area contributed by atoms with Crippen LogP contribution in [0.5, 0.6) is 0 Å². The highest BCUT2D eigenvalue weighted by Crippen LogP contribution is 2.14. The molecule has 0 aliphatic carbocycles. The molecule has 2 N–H and O–H groups in total. The zero-order chi connectivity index (χ0) is 16.2. The van der Waals surface area contributed by atoms with Gasteiger partial charge in [0.25, 0.3) is 5.91 Å². The molecule has 22 heavy (non-hydrogen) atoms. The number of carboxylic acids is 1. The quantitative estimate of drug-likeness (QED) is 0.825. The third-order valence-electron chi connectivity index (χ3n) is 3.16. The number of aromatic nitrogens is 4. The normalized spacial score (nSPS) is 11.2. The first-order valence-electron chi connectivity index (χ1n) is 6.75. The number of benzene rings is 1. The Labute approximate surface area is 127 Å². The summed E-state index contributed by atoms with van der Waals surface area (Å²) in [4.78, 5) is 22.8. The molecule has 1 aromatic heterocycles. The molecule has 0 atom stereocenters. The average molecular weight is 303 g/mol. The third-order valence-corrected chi connectivity index (χ3v) is 3.16. The van der Waals surface area contributed by atoms with Crippen LogP contribution in [0.2, 0.25) is 0 Å². The molecule has 1 aromatic carbocycles. The van der Waals surface area contributed by atoms with E-state index in [0.717, 1.165) is 5.69 Å². The van der Waals surface area contributed by atoms with Crippen molar-refractivity contribution < 1.29 is 14.7 Å². The largest absolute Gasteiger partial charge is 0.481 e. The Morgan fingerprint density at radius 3 is 2.50 bits per heavy atom. The summed E-state index contributed by atoms with van der Waals surface area (Å²) in [5.74, 6) is -1.13. The van der Waals surface area contributed by atoms with E-state index in [0.29, 0.717) is 12.0 Å². The van der Waals surface area contributed by atoms with Gasteiger partial charge in [-0.1, -0.05) is 0 Å². The van der Waals surface area contributed by atoms with E-state index in [-0.39, 0.29) is 12.3 Å². The number of carbonyl (C=O) groups is 2. The van der Waals surface area contributed by atoms with Crippen LogP contribution in [0.1, 0.15) is 37.0 Å². The molecular weight excluding hydrogens is 286 g/mol. The van der Waals surface area contributed by atoms with Crippen molar-refractivity contribution >= 4 is 11.9 Å². The highest BCUT2D eigenvalue weighted by molar-refractivity contribution is 5.94. The lowest BCUT2D eigenvalue weighted by Crippen LogP contribution is -2.43. The molecule has 1 heterocycles. The van der Waals surface area contributed by atoms with Gasteiger partial charge < -0.3 is 10.4 Å². The maximum Gasteiger partial charge on any atom is 0.303 e. The number of carboxylic acid groups (broad SMARTS) is 1. The highest BCUT2D eigenvalue weighted by Gasteiger charge is 2.22. The van der Waals surface area contributed by atoms with Gasteiger partial charge in [0.15, 0.2) is 0 Å². The molecule has 8 nitrogen and oxygen atoms in total. The van der Waals surface area contributed by atoms with Crippen LogP contribution < -0.4 is 5.32 Å². The summed E-state index contributed by atoms with van der Waals surface area (Å²) in [6.45, 7) is 3.59. The lowest BCUT2D eigenvalue weighted by atomic mass is 9.97. The van der Waals surface area contributed by atoms with Crippen LogP contribution in [0.25, 0.3) is 5.69 Å². The van der Waals surface area contributed by atoms with Crippen LogP contribution in [0, 0.1) is 0 Å². The van der Waals surface area contributed by atoms with Gasteiger partial charge in [-0.2, -0.15) is 0 Å². The molecule has 0 aliphatic rings. The van der Waals surface area contributed by atoms with E-state index in [1.54, 1.807) is 38.1 Å². The zero-order valence-corrected chi connectivity index (χ0v) is 12.4. The Morgan fingerprint density at radius 2 is 1.95 bits per heavy atom. The number of carbonyl (C=O) groups excluding carboxylic acids is 1. The predicted octanol–water partition coefficient (Wildman–Crippen LogP) is 1.04. The maximum atomic E-state index is 12.2. The molecule has 0 spiro atoms. The van der Waals surface area contributed by atoms with Crippen molar-refractivity contribution in [2.24, 2.45) is 0 Å². The number of tetrazole rings is 1. The molecule has 0 aliphatic heterocycles. The number of hydrogen-bond acceptors (Lipinski definition) is 5. The van der Waals surface area contributed by atoms with Crippen molar-refractivity contribution in [3.8, 4) is 5.69 Å². The van der Waals surface area contributed by atoms with E-state index in [4.69, 9.17) is 5.11 Å². The lowest BCUT2D eigenvalue weighted by molar-refractivity contribution is -0.137. The van der Waals surface area contributed by atoms with Crippen LogP contribution >= 0.6 is 0 Å². The Bertz CT molecular complexity index is 650. The first kappa shape index (κ1) is 15.6. The van der Waals surface area contributed by atoms with E-state index in [9.17, 15) is 9.59 Å². The predicted molar refractivity (Wildman–Crippen MR) is 77.6 cm³/mol. The minimum absolute atomic E-state index is 0.00547. The van der Waals surface area contributed by atoms with E-state index in [2.05, 4.69) is 20.8 Å². The number of nitrogens with zero attached hydrogens (tertiary/aromatic N) is 4. The summed E-state index contributed by atoms with van der Waals surface area (Å²) >= 11 is 0. The Balaban J connectivity index is 2.02. The van der Waals surface area contributed by atoms with Gasteiger partial charge >= 0.3 is 5.97 Å². The Kier molecular flexibility index (Phi) is 4.50. The molecule has 0 radical (unpaired) electrons. The average Bonchev–Trinajstić information content (AvgIpc) is 2.99. The zero-order valence-electron chi connectivity index (χ0n) is 12.4. The van der Waals surface area contributed by atoms with Gasteiger partial charge in [-0.05, 0) is 55.0 Å². The fraction of sp³-hybridized carbons (Fsp3) is 0.357. The molecule has 8 heteroatoms. The van der Waals surface area contributed by atoms with Crippen LogP contribution in [-0.2, 0) is 4.79 Å². The van der Waals surface area contributed by atoms with Gasteiger partial charge in [-0.25, -0.2) is 4.68 Å². The van der Waals surface area contributed by atoms with Crippen LogP contribution in [-0.4, -0.2) is 42.7 Å². The second-order valence-electron chi connectivity index (χ2n) is 5.53. The number of nitrogens with one attached hydrogen (secondary N) is 1. The first-order chi connectivity index (χ1) is 10.4. The Morgan fingerprint density at radius 1 is 1.27 bits per heavy atom. The fourth-order valence-electron chi connectivity index (χ4n) is 1.91. The van der Waals surface area contributed by atoms with E-state index in [1.807, 2.05) is 0 Å². The van der Waals surface area contributed by atoms with Gasteiger partial charge in [0, 0.05) is 17.5 Å². The molecule has 2 rings (SSSR count). The third kappa shape index (κ3) is 4.11. The molecule has 1 amide bonds. The lowest BCUT2D eigenvalue weighted by Gasteiger charge is -2.25. The minimum Gasteiger partial charge on any atom is -0.481 e. The van der Waals surface area contributed by atoms with Crippen LogP contribution in [0.3, 0.4) is 0 Å². The van der Waals surface area contributed by atoms with Crippen molar-refractivity contribution in [2.45, 2.75) is 32.2 Å². The van der Waals surface area contributed by atoms with E-state index < -0.39 is 11.5 Å². The molecule has 0 fully saturated rings.